The normalized spacial score (nSPS) is 22.2. The number of fused-ring (bicyclic) bond motifs is 1. The van der Waals surface area contributed by atoms with Crippen LogP contribution in [0.5, 0.6) is 0 Å². The number of pyridine rings is 1. The Morgan fingerprint density at radius 1 is 1.09 bits per heavy atom. The fourth-order valence-corrected chi connectivity index (χ4v) is 5.81. The molecular weight excluding hydrogens is 414 g/mol. The van der Waals surface area contributed by atoms with Crippen LogP contribution >= 0.6 is 0 Å². The average molecular weight is 450 g/mol. The lowest BCUT2D eigenvalue weighted by molar-refractivity contribution is -0.136. The molecule has 1 unspecified atom stereocenters. The van der Waals surface area contributed by atoms with E-state index in [4.69, 9.17) is 4.98 Å². The average Bonchev–Trinajstić information content (AvgIpc) is 2.85. The van der Waals surface area contributed by atoms with Crippen molar-refractivity contribution in [2.45, 2.75) is 83.3 Å². The predicted molar refractivity (Wildman–Crippen MR) is 126 cm³/mol. The van der Waals surface area contributed by atoms with Gasteiger partial charge in [-0.25, -0.2) is 4.98 Å². The first-order valence-electron chi connectivity index (χ1n) is 12.7. The van der Waals surface area contributed by atoms with E-state index in [-0.39, 0.29) is 17.5 Å². The summed E-state index contributed by atoms with van der Waals surface area (Å²) in [7, 11) is 0. The molecule has 4 heterocycles. The number of nitrogens with one attached hydrogen (secondary N) is 1. The summed E-state index contributed by atoms with van der Waals surface area (Å²) in [5.74, 6) is 1.46. The number of H-pyrrole nitrogens is 1. The van der Waals surface area contributed by atoms with Gasteiger partial charge in [-0.2, -0.15) is 0 Å². The summed E-state index contributed by atoms with van der Waals surface area (Å²) in [6, 6.07) is 3.91. The standard InChI is InChI=1S/C26H35N5O2/c32-24(15-19-7-2-1-3-8-19)31-13-5-4-10-23(31)25-28-22-11-14-30(18-21(22)26(33)29-25)17-20-9-6-12-27-16-20/h6,9,12,16,19,23H,1-5,7-8,10-11,13-15,17-18H2,(H,28,29,33). The zero-order chi connectivity index (χ0) is 22.6. The monoisotopic (exact) mass is 449 g/mol. The number of carbonyl (C=O) groups is 1. The second kappa shape index (κ2) is 10.2. The molecule has 0 aromatic carbocycles. The quantitative estimate of drug-likeness (QED) is 0.752. The fourth-order valence-electron chi connectivity index (χ4n) is 5.81. The summed E-state index contributed by atoms with van der Waals surface area (Å²) < 4.78 is 0. The molecule has 2 aromatic rings. The van der Waals surface area contributed by atoms with Gasteiger partial charge in [0, 0.05) is 51.4 Å². The lowest BCUT2D eigenvalue weighted by Crippen LogP contribution is -2.42. The maximum atomic E-state index is 13.2. The third-order valence-electron chi connectivity index (χ3n) is 7.62. The van der Waals surface area contributed by atoms with Gasteiger partial charge in [0.1, 0.15) is 5.82 Å². The van der Waals surface area contributed by atoms with Crippen LogP contribution in [0.4, 0.5) is 0 Å². The molecule has 5 rings (SSSR count). The molecule has 7 nitrogen and oxygen atoms in total. The van der Waals surface area contributed by atoms with E-state index < -0.39 is 0 Å². The lowest BCUT2D eigenvalue weighted by atomic mass is 9.86. The summed E-state index contributed by atoms with van der Waals surface area (Å²) >= 11 is 0. The topological polar surface area (TPSA) is 82.2 Å². The number of hydrogen-bond donors (Lipinski definition) is 1. The Labute approximate surface area is 195 Å². The fraction of sp³-hybridized carbons (Fsp3) is 0.615. The zero-order valence-corrected chi connectivity index (χ0v) is 19.5. The minimum Gasteiger partial charge on any atom is -0.333 e. The van der Waals surface area contributed by atoms with Gasteiger partial charge in [0.25, 0.3) is 5.56 Å². The van der Waals surface area contributed by atoms with Crippen LogP contribution in [0.15, 0.2) is 29.3 Å². The number of hydrogen-bond acceptors (Lipinski definition) is 5. The van der Waals surface area contributed by atoms with Crippen LogP contribution in [0.1, 0.15) is 86.5 Å². The lowest BCUT2D eigenvalue weighted by Gasteiger charge is -2.37. The van der Waals surface area contributed by atoms with E-state index in [0.29, 0.717) is 24.7 Å². The molecule has 0 bridgehead atoms. The van der Waals surface area contributed by atoms with Crippen LogP contribution in [-0.2, 0) is 24.3 Å². The van der Waals surface area contributed by atoms with Crippen LogP contribution < -0.4 is 5.56 Å². The van der Waals surface area contributed by atoms with E-state index in [0.717, 1.165) is 62.1 Å². The highest BCUT2D eigenvalue weighted by molar-refractivity contribution is 5.77. The van der Waals surface area contributed by atoms with E-state index in [1.54, 1.807) is 6.20 Å². The van der Waals surface area contributed by atoms with Crippen molar-refractivity contribution in [2.75, 3.05) is 13.1 Å². The van der Waals surface area contributed by atoms with Gasteiger partial charge in [0.05, 0.1) is 17.3 Å². The first-order chi connectivity index (χ1) is 16.2. The van der Waals surface area contributed by atoms with Crippen molar-refractivity contribution in [1.29, 1.82) is 0 Å². The van der Waals surface area contributed by atoms with Crippen molar-refractivity contribution >= 4 is 5.91 Å². The molecule has 1 atom stereocenters. The number of amides is 1. The minimum absolute atomic E-state index is 0.0452. The maximum absolute atomic E-state index is 13.2. The number of nitrogens with zero attached hydrogens (tertiary/aromatic N) is 4. The Morgan fingerprint density at radius 2 is 1.94 bits per heavy atom. The van der Waals surface area contributed by atoms with Crippen LogP contribution in [0, 0.1) is 5.92 Å². The molecule has 0 spiro atoms. The second-order valence-corrected chi connectivity index (χ2v) is 10.0. The van der Waals surface area contributed by atoms with Gasteiger partial charge in [0.2, 0.25) is 5.91 Å². The largest absolute Gasteiger partial charge is 0.333 e. The molecule has 1 N–H and O–H groups in total. The molecule has 1 amide bonds. The van der Waals surface area contributed by atoms with E-state index in [2.05, 4.69) is 20.9 Å². The minimum atomic E-state index is -0.0961. The number of aromatic nitrogens is 3. The molecule has 3 aliphatic rings. The zero-order valence-electron chi connectivity index (χ0n) is 19.5. The van der Waals surface area contributed by atoms with Gasteiger partial charge in [-0.05, 0) is 49.7 Å². The van der Waals surface area contributed by atoms with Crippen molar-refractivity contribution in [2.24, 2.45) is 5.92 Å². The highest BCUT2D eigenvalue weighted by atomic mass is 16.2. The van der Waals surface area contributed by atoms with Crippen molar-refractivity contribution in [3.8, 4) is 0 Å². The molecule has 2 aliphatic heterocycles. The SMILES string of the molecule is O=C(CC1CCCCC1)N1CCCCC1c1nc2c(c(=O)[nH]1)CN(Cc1cccnc1)CC2. The third-order valence-corrected chi connectivity index (χ3v) is 7.62. The summed E-state index contributed by atoms with van der Waals surface area (Å²) in [5.41, 5.74) is 2.78. The molecule has 1 saturated heterocycles. The Hall–Kier alpha value is -2.54. The summed E-state index contributed by atoms with van der Waals surface area (Å²) in [6.45, 7) is 3.02. The highest BCUT2D eigenvalue weighted by Gasteiger charge is 2.32. The van der Waals surface area contributed by atoms with Crippen LogP contribution in [0.25, 0.3) is 0 Å². The molecule has 0 radical (unpaired) electrons. The number of carbonyl (C=O) groups excluding carboxylic acids is 1. The molecule has 1 saturated carbocycles. The number of aromatic amines is 1. The summed E-state index contributed by atoms with van der Waals surface area (Å²) in [5, 5.41) is 0. The summed E-state index contributed by atoms with van der Waals surface area (Å²) in [6.07, 6.45) is 14.2. The number of likely N-dealkylation sites (tertiary alicyclic amines) is 1. The van der Waals surface area contributed by atoms with E-state index in [9.17, 15) is 9.59 Å². The van der Waals surface area contributed by atoms with Crippen LogP contribution in [0.3, 0.4) is 0 Å². The van der Waals surface area contributed by atoms with Gasteiger partial charge in [-0.1, -0.05) is 25.3 Å². The van der Waals surface area contributed by atoms with Crippen molar-refractivity contribution < 1.29 is 4.79 Å². The Balaban J connectivity index is 1.31. The van der Waals surface area contributed by atoms with Gasteiger partial charge in [-0.3, -0.25) is 19.5 Å². The highest BCUT2D eigenvalue weighted by Crippen LogP contribution is 2.33. The van der Waals surface area contributed by atoms with E-state index >= 15 is 0 Å². The Kier molecular flexibility index (Phi) is 6.85. The van der Waals surface area contributed by atoms with Crippen molar-refractivity contribution in [3.05, 3.63) is 57.5 Å². The summed E-state index contributed by atoms with van der Waals surface area (Å²) in [4.78, 5) is 42.8. The van der Waals surface area contributed by atoms with Gasteiger partial charge >= 0.3 is 0 Å². The van der Waals surface area contributed by atoms with Gasteiger partial charge in [0.15, 0.2) is 0 Å². The first-order valence-corrected chi connectivity index (χ1v) is 12.7. The van der Waals surface area contributed by atoms with Gasteiger partial charge < -0.3 is 9.88 Å². The molecule has 2 aromatic heterocycles. The molecule has 2 fully saturated rings. The van der Waals surface area contributed by atoms with Gasteiger partial charge in [-0.15, -0.1) is 0 Å². The van der Waals surface area contributed by atoms with Crippen LogP contribution in [-0.4, -0.2) is 43.7 Å². The second-order valence-electron chi connectivity index (χ2n) is 10.0. The van der Waals surface area contributed by atoms with Crippen LogP contribution in [0.2, 0.25) is 0 Å². The Bertz CT molecular complexity index is 1020. The Morgan fingerprint density at radius 3 is 2.76 bits per heavy atom. The molecular formula is C26H35N5O2. The molecule has 1 aliphatic carbocycles. The predicted octanol–water partition coefficient (Wildman–Crippen LogP) is 3.75. The van der Waals surface area contributed by atoms with Crippen molar-refractivity contribution in [3.63, 3.8) is 0 Å². The number of piperidine rings is 1. The van der Waals surface area contributed by atoms with E-state index in [1.807, 2.05) is 17.2 Å². The maximum Gasteiger partial charge on any atom is 0.255 e. The molecule has 7 heteroatoms. The third kappa shape index (κ3) is 5.18. The molecule has 176 valence electrons. The smallest absolute Gasteiger partial charge is 0.255 e. The first kappa shape index (κ1) is 22.3. The number of rotatable bonds is 5. The van der Waals surface area contributed by atoms with Crippen molar-refractivity contribution in [1.82, 2.24) is 24.8 Å². The van der Waals surface area contributed by atoms with E-state index in [1.165, 1.54) is 32.1 Å². The molecule has 33 heavy (non-hydrogen) atoms.